The zero-order valence-corrected chi connectivity index (χ0v) is 14.2. The molecule has 2 aromatic rings. The highest BCUT2D eigenvalue weighted by molar-refractivity contribution is 7.99. The summed E-state index contributed by atoms with van der Waals surface area (Å²) in [5.41, 5.74) is 1.54. The van der Waals surface area contributed by atoms with E-state index in [4.69, 9.17) is 4.74 Å². The Kier molecular flexibility index (Phi) is 6.25. The first-order valence-corrected chi connectivity index (χ1v) is 8.43. The molecule has 0 aliphatic heterocycles. The Hall–Kier alpha value is -2.48. The molecule has 0 saturated carbocycles. The molecular weight excluding hydrogens is 330 g/mol. The molecule has 0 spiro atoms. The second-order valence-corrected chi connectivity index (χ2v) is 5.77. The molecule has 24 heavy (non-hydrogen) atoms. The average molecular weight is 347 g/mol. The average Bonchev–Trinajstić information content (AvgIpc) is 2.60. The van der Waals surface area contributed by atoms with Crippen molar-refractivity contribution in [2.75, 3.05) is 12.4 Å². The van der Waals surface area contributed by atoms with Gasteiger partial charge in [0.1, 0.15) is 5.03 Å². The molecule has 1 aromatic carbocycles. The van der Waals surface area contributed by atoms with E-state index in [1.807, 2.05) is 13.0 Å². The molecule has 0 unspecified atom stereocenters. The van der Waals surface area contributed by atoms with Gasteiger partial charge >= 0.3 is 5.97 Å². The molecule has 0 amide bonds. The summed E-state index contributed by atoms with van der Waals surface area (Å²) in [4.78, 5) is 30.6. The van der Waals surface area contributed by atoms with Crippen LogP contribution in [0.25, 0.3) is 11.4 Å². The van der Waals surface area contributed by atoms with Crippen molar-refractivity contribution < 1.29 is 14.5 Å². The molecule has 0 aliphatic rings. The molecule has 0 saturated heterocycles. The van der Waals surface area contributed by atoms with E-state index >= 15 is 0 Å². The second kappa shape index (κ2) is 8.39. The molecule has 0 N–H and O–H groups in total. The Morgan fingerprint density at radius 3 is 2.54 bits per heavy atom. The lowest BCUT2D eigenvalue weighted by molar-refractivity contribution is -0.384. The molecular formula is C16H17N3O4S. The summed E-state index contributed by atoms with van der Waals surface area (Å²) in [7, 11) is 0. The number of non-ortho nitro benzene ring substituents is 1. The predicted octanol–water partition coefficient (Wildman–Crippen LogP) is 3.27. The normalized spacial score (nSPS) is 10.4. The number of rotatable bonds is 7. The first kappa shape index (κ1) is 17.9. The number of hydrogen-bond donors (Lipinski definition) is 0. The highest BCUT2D eigenvalue weighted by Gasteiger charge is 2.11. The topological polar surface area (TPSA) is 95.2 Å². The predicted molar refractivity (Wildman–Crippen MR) is 90.9 cm³/mol. The van der Waals surface area contributed by atoms with Crippen LogP contribution in [-0.4, -0.2) is 33.2 Å². The summed E-state index contributed by atoms with van der Waals surface area (Å²) >= 11 is 1.28. The molecule has 0 fully saturated rings. The van der Waals surface area contributed by atoms with Crippen molar-refractivity contribution in [1.29, 1.82) is 0 Å². The summed E-state index contributed by atoms with van der Waals surface area (Å²) in [6, 6.07) is 7.91. The fourth-order valence-corrected chi connectivity index (χ4v) is 2.64. The highest BCUT2D eigenvalue weighted by Crippen LogP contribution is 2.24. The number of ether oxygens (including phenoxy) is 1. The molecule has 7 nitrogen and oxygen atoms in total. The number of hydrogen-bond acceptors (Lipinski definition) is 7. The fraction of sp³-hybridized carbons (Fsp3) is 0.312. The van der Waals surface area contributed by atoms with Crippen molar-refractivity contribution in [3.63, 3.8) is 0 Å². The number of nitro groups is 1. The fourth-order valence-electron chi connectivity index (χ4n) is 1.92. The van der Waals surface area contributed by atoms with Crippen LogP contribution in [0, 0.1) is 10.1 Å². The van der Waals surface area contributed by atoms with E-state index in [0.29, 0.717) is 23.0 Å². The van der Waals surface area contributed by atoms with Crippen molar-refractivity contribution in [1.82, 2.24) is 9.97 Å². The van der Waals surface area contributed by atoms with E-state index in [2.05, 4.69) is 9.97 Å². The monoisotopic (exact) mass is 347 g/mol. The van der Waals surface area contributed by atoms with Crippen molar-refractivity contribution in [3.8, 4) is 11.4 Å². The molecule has 1 heterocycles. The molecule has 126 valence electrons. The van der Waals surface area contributed by atoms with Gasteiger partial charge in [0.2, 0.25) is 0 Å². The van der Waals surface area contributed by atoms with Crippen molar-refractivity contribution in [2.45, 2.75) is 25.3 Å². The third-order valence-corrected chi connectivity index (χ3v) is 3.98. The number of esters is 1. The quantitative estimate of drug-likeness (QED) is 0.249. The van der Waals surface area contributed by atoms with Gasteiger partial charge in [0.15, 0.2) is 5.82 Å². The Morgan fingerprint density at radius 2 is 1.96 bits per heavy atom. The van der Waals surface area contributed by atoms with Gasteiger partial charge in [-0.05, 0) is 31.5 Å². The van der Waals surface area contributed by atoms with Gasteiger partial charge in [-0.2, -0.15) is 0 Å². The minimum absolute atomic E-state index is 0.0160. The molecule has 1 aromatic heterocycles. The van der Waals surface area contributed by atoms with Crippen LogP contribution in [-0.2, 0) is 16.0 Å². The third kappa shape index (κ3) is 4.76. The summed E-state index contributed by atoms with van der Waals surface area (Å²) in [5.74, 6) is 0.361. The van der Waals surface area contributed by atoms with Crippen molar-refractivity contribution in [2.24, 2.45) is 0 Å². The lowest BCUT2D eigenvalue weighted by Gasteiger charge is -2.07. The maximum atomic E-state index is 11.5. The lowest BCUT2D eigenvalue weighted by Crippen LogP contribution is -2.07. The molecule has 8 heteroatoms. The number of thioether (sulfide) groups is 1. The van der Waals surface area contributed by atoms with Gasteiger partial charge in [-0.3, -0.25) is 14.9 Å². The molecule has 0 radical (unpaired) electrons. The first-order valence-electron chi connectivity index (χ1n) is 7.44. The van der Waals surface area contributed by atoms with Crippen LogP contribution in [0.4, 0.5) is 5.69 Å². The van der Waals surface area contributed by atoms with Crippen molar-refractivity contribution in [3.05, 3.63) is 46.1 Å². The molecule has 0 aliphatic carbocycles. The zero-order chi connectivity index (χ0) is 17.5. The van der Waals surface area contributed by atoms with Crippen LogP contribution < -0.4 is 0 Å². The van der Waals surface area contributed by atoms with Crippen LogP contribution in [0.5, 0.6) is 0 Å². The number of carbonyl (C=O) groups excluding carboxylic acids is 1. The number of carbonyl (C=O) groups is 1. The summed E-state index contributed by atoms with van der Waals surface area (Å²) in [6.45, 7) is 4.08. The maximum absolute atomic E-state index is 11.5. The SMILES string of the molecule is CCOC(=O)CSc1cc(CC)nc(-c2ccc([N+](=O)[O-])cc2)n1. The summed E-state index contributed by atoms with van der Waals surface area (Å²) in [6.07, 6.45) is 0.718. The number of aromatic nitrogens is 2. The van der Waals surface area contributed by atoms with Gasteiger partial charge < -0.3 is 4.74 Å². The van der Waals surface area contributed by atoms with Gasteiger partial charge in [0, 0.05) is 23.4 Å². The largest absolute Gasteiger partial charge is 0.465 e. The van der Waals surface area contributed by atoms with Crippen LogP contribution in [0.15, 0.2) is 35.4 Å². The highest BCUT2D eigenvalue weighted by atomic mass is 32.2. The second-order valence-electron chi connectivity index (χ2n) is 4.77. The Bertz CT molecular complexity index is 735. The molecule has 0 atom stereocenters. The van der Waals surface area contributed by atoms with E-state index in [-0.39, 0.29) is 17.4 Å². The van der Waals surface area contributed by atoms with Gasteiger partial charge in [0.25, 0.3) is 5.69 Å². The van der Waals surface area contributed by atoms with E-state index in [1.54, 1.807) is 19.1 Å². The summed E-state index contributed by atoms with van der Waals surface area (Å²) in [5, 5.41) is 11.4. The minimum Gasteiger partial charge on any atom is -0.465 e. The van der Waals surface area contributed by atoms with E-state index in [0.717, 1.165) is 12.1 Å². The Labute approximate surface area is 143 Å². The first-order chi connectivity index (χ1) is 11.5. The van der Waals surface area contributed by atoms with E-state index < -0.39 is 4.92 Å². The smallest absolute Gasteiger partial charge is 0.316 e. The minimum atomic E-state index is -0.451. The lowest BCUT2D eigenvalue weighted by atomic mass is 10.2. The number of nitro benzene ring substituents is 1. The molecule has 0 bridgehead atoms. The van der Waals surface area contributed by atoms with E-state index in [9.17, 15) is 14.9 Å². The van der Waals surface area contributed by atoms with Crippen LogP contribution in [0.3, 0.4) is 0 Å². The number of aryl methyl sites for hydroxylation is 1. The van der Waals surface area contributed by atoms with Gasteiger partial charge in [-0.15, -0.1) is 0 Å². The van der Waals surface area contributed by atoms with E-state index in [1.165, 1.54) is 23.9 Å². The van der Waals surface area contributed by atoms with Crippen LogP contribution in [0.2, 0.25) is 0 Å². The number of nitrogens with zero attached hydrogens (tertiary/aromatic N) is 3. The van der Waals surface area contributed by atoms with Gasteiger partial charge in [0.05, 0.1) is 17.3 Å². The van der Waals surface area contributed by atoms with Crippen molar-refractivity contribution >= 4 is 23.4 Å². The standard InChI is InChI=1S/C16H17N3O4S/c1-3-12-9-14(24-10-15(20)23-4-2)18-16(17-12)11-5-7-13(8-6-11)19(21)22/h5-9H,3-4,10H2,1-2H3. The Balaban J connectivity index is 2.24. The molecule has 2 rings (SSSR count). The van der Waals surface area contributed by atoms with Gasteiger partial charge in [-0.1, -0.05) is 18.7 Å². The summed E-state index contributed by atoms with van der Waals surface area (Å²) < 4.78 is 4.90. The van der Waals surface area contributed by atoms with Crippen LogP contribution in [0.1, 0.15) is 19.5 Å². The van der Waals surface area contributed by atoms with Gasteiger partial charge in [-0.25, -0.2) is 9.97 Å². The number of benzene rings is 1. The third-order valence-electron chi connectivity index (χ3n) is 3.10. The van der Waals surface area contributed by atoms with Crippen LogP contribution >= 0.6 is 11.8 Å². The zero-order valence-electron chi connectivity index (χ0n) is 13.4. The maximum Gasteiger partial charge on any atom is 0.316 e. The Morgan fingerprint density at radius 1 is 1.25 bits per heavy atom.